The topological polar surface area (TPSA) is 149 Å². The first-order chi connectivity index (χ1) is 28.9. The summed E-state index contributed by atoms with van der Waals surface area (Å²) < 4.78 is 82.0. The van der Waals surface area contributed by atoms with Crippen LogP contribution in [0, 0.1) is 13.8 Å². The van der Waals surface area contributed by atoms with Gasteiger partial charge in [-0.15, -0.1) is 5.10 Å². The zero-order valence-corrected chi connectivity index (χ0v) is 34.0. The highest BCUT2D eigenvalue weighted by atomic mass is 32.5. The third-order valence-corrected chi connectivity index (χ3v) is 11.8. The van der Waals surface area contributed by atoms with Gasteiger partial charge in [0.05, 0.1) is 18.0 Å². The van der Waals surface area contributed by atoms with E-state index in [1.807, 2.05) is 41.3 Å². The van der Waals surface area contributed by atoms with E-state index in [0.29, 0.717) is 36.0 Å². The molecule has 20 heteroatoms. The van der Waals surface area contributed by atoms with Gasteiger partial charge >= 0.3 is 10.2 Å². The average Bonchev–Trinajstić information content (AvgIpc) is 3.89. The molecule has 0 atom stereocenters. The number of carbonyl (C=O) groups is 2. The molecular weight excluding hydrogens is 826 g/mol. The molecule has 0 aliphatic carbocycles. The van der Waals surface area contributed by atoms with Gasteiger partial charge in [-0.2, -0.15) is 9.50 Å². The molecule has 8 rings (SSSR count). The smallest absolute Gasteiger partial charge is 0.310 e. The second-order valence-electron chi connectivity index (χ2n) is 14.8. The largest absolute Gasteiger partial charge is 0.493 e. The van der Waals surface area contributed by atoms with Gasteiger partial charge < -0.3 is 29.2 Å². The van der Waals surface area contributed by atoms with Crippen molar-refractivity contribution in [1.29, 1.82) is 0 Å². The summed E-state index contributed by atoms with van der Waals surface area (Å²) in [5, 5.41) is 7.13. The Bertz CT molecular complexity index is 2780. The van der Waals surface area contributed by atoms with Crippen LogP contribution in [0.25, 0.3) is 17.2 Å². The number of ether oxygens (including phenoxy) is 2. The molecule has 0 spiro atoms. The Hall–Kier alpha value is -6.57. The van der Waals surface area contributed by atoms with Gasteiger partial charge in [0.2, 0.25) is 11.7 Å². The molecule has 2 aliphatic rings. The highest BCUT2D eigenvalue weighted by molar-refractivity contribution is 8.45. The van der Waals surface area contributed by atoms with E-state index in [-0.39, 0.29) is 91.2 Å². The molecular formula is C41H40F5N9O5S. The van der Waals surface area contributed by atoms with Crippen LogP contribution in [0.15, 0.2) is 82.7 Å². The van der Waals surface area contributed by atoms with E-state index in [0.717, 1.165) is 27.5 Å². The van der Waals surface area contributed by atoms with E-state index in [9.17, 15) is 33.8 Å². The lowest BCUT2D eigenvalue weighted by atomic mass is 10.1. The lowest BCUT2D eigenvalue weighted by Crippen LogP contribution is -2.51. The molecule has 61 heavy (non-hydrogen) atoms. The Morgan fingerprint density at radius 1 is 0.934 bits per heavy atom. The van der Waals surface area contributed by atoms with Crippen molar-refractivity contribution < 1.29 is 38.5 Å². The summed E-state index contributed by atoms with van der Waals surface area (Å²) in [4.78, 5) is 56.8. The lowest BCUT2D eigenvalue weighted by Gasteiger charge is -2.40. The second-order valence-corrected chi connectivity index (χ2v) is 17.2. The molecule has 0 saturated carbocycles. The summed E-state index contributed by atoms with van der Waals surface area (Å²) in [6.45, 7) is 5.73. The summed E-state index contributed by atoms with van der Waals surface area (Å²) in [6, 6.07) is 16.2. The minimum atomic E-state index is -9.97. The molecule has 320 valence electrons. The molecule has 0 radical (unpaired) electrons. The van der Waals surface area contributed by atoms with Gasteiger partial charge in [0.15, 0.2) is 17.3 Å². The number of anilines is 2. The Balaban J connectivity index is 1.11. The molecule has 1 N–H and O–H groups in total. The molecule has 1 fully saturated rings. The molecule has 3 aromatic carbocycles. The van der Waals surface area contributed by atoms with E-state index in [4.69, 9.17) is 14.5 Å². The highest BCUT2D eigenvalue weighted by Gasteiger charge is 2.65. The number of benzene rings is 3. The molecule has 2 amide bonds. The Kier molecular flexibility index (Phi) is 10.0. The Labute approximate surface area is 345 Å². The number of hydrogen-bond donors (Lipinski definition) is 1. The van der Waals surface area contributed by atoms with E-state index >= 15 is 0 Å². The molecule has 0 unspecified atom stereocenters. The van der Waals surface area contributed by atoms with Crippen LogP contribution in [-0.4, -0.2) is 78.6 Å². The third-order valence-electron chi connectivity index (χ3n) is 10.6. The van der Waals surface area contributed by atoms with Gasteiger partial charge in [-0.3, -0.25) is 14.4 Å². The standard InChI is InChI=1S/C41H40F5N9O5S/c1-4-32-36(52-15-17-53(18-16-52)39(57)35-37(26(3)47-24-48-35)60-23-27-8-6-5-7-9-27)40(58)55-41(50-38(51-55)29-10-13-33-28(21-29)14-19-59-33)54(32)22-34(56)49-31-12-11-30(20-25(31)2)61(42,43,44,45)46/h5-13,20-21,24H,4,14-19,22-23H2,1-3H3,(H,49,56). The zero-order valence-electron chi connectivity index (χ0n) is 33.2. The maximum Gasteiger partial charge on any atom is 0.310 e. The summed E-state index contributed by atoms with van der Waals surface area (Å²) in [5.41, 5.74) is 2.80. The van der Waals surface area contributed by atoms with Gasteiger partial charge in [-0.1, -0.05) is 56.7 Å². The average molecular weight is 866 g/mol. The number of amides is 2. The summed E-state index contributed by atoms with van der Waals surface area (Å²) in [6.07, 6.45) is 2.20. The maximum absolute atomic E-state index is 14.5. The van der Waals surface area contributed by atoms with Crippen LogP contribution in [0.3, 0.4) is 0 Å². The van der Waals surface area contributed by atoms with Crippen LogP contribution in [0.1, 0.15) is 45.5 Å². The van der Waals surface area contributed by atoms with Crippen LogP contribution >= 0.6 is 10.2 Å². The molecule has 2 aliphatic heterocycles. The SMILES string of the molecule is CCc1c(N2CCN(C(=O)c3ncnc(C)c3OCc3ccccc3)CC2)c(=O)n2nc(-c3ccc4c(c3)CCO4)nc2n1CC(=O)Nc1ccc(S(F)(F)(F)(F)F)cc1C. The molecule has 1 saturated heterocycles. The third kappa shape index (κ3) is 8.31. The molecule has 3 aromatic heterocycles. The quantitative estimate of drug-likeness (QED) is 0.132. The molecule has 0 bridgehead atoms. The van der Waals surface area contributed by atoms with Crippen molar-refractivity contribution in [3.8, 4) is 22.9 Å². The van der Waals surface area contributed by atoms with Crippen LogP contribution in [-0.2, 0) is 30.8 Å². The van der Waals surface area contributed by atoms with Gasteiger partial charge in [0.25, 0.3) is 11.5 Å². The monoisotopic (exact) mass is 865 g/mol. The summed E-state index contributed by atoms with van der Waals surface area (Å²) in [5.74, 6) is 0.112. The van der Waals surface area contributed by atoms with E-state index in [1.165, 1.54) is 17.8 Å². The summed E-state index contributed by atoms with van der Waals surface area (Å²) >= 11 is 0. The fourth-order valence-corrected chi connectivity index (χ4v) is 8.25. The Morgan fingerprint density at radius 2 is 1.69 bits per heavy atom. The van der Waals surface area contributed by atoms with Crippen molar-refractivity contribution in [3.05, 3.63) is 117 Å². The minimum Gasteiger partial charge on any atom is -0.493 e. The van der Waals surface area contributed by atoms with Crippen molar-refractivity contribution in [2.75, 3.05) is 43.0 Å². The maximum atomic E-state index is 14.5. The van der Waals surface area contributed by atoms with Gasteiger partial charge in [-0.05, 0) is 73.4 Å². The van der Waals surface area contributed by atoms with Crippen molar-refractivity contribution in [3.63, 3.8) is 0 Å². The van der Waals surface area contributed by atoms with Crippen molar-refractivity contribution in [2.24, 2.45) is 0 Å². The van der Waals surface area contributed by atoms with Gasteiger partial charge in [0.1, 0.15) is 35.8 Å². The van der Waals surface area contributed by atoms with Crippen LogP contribution < -0.4 is 25.2 Å². The Morgan fingerprint density at radius 3 is 2.39 bits per heavy atom. The van der Waals surface area contributed by atoms with Crippen molar-refractivity contribution >= 4 is 39.2 Å². The number of aryl methyl sites for hydroxylation is 2. The van der Waals surface area contributed by atoms with E-state index in [1.54, 1.807) is 30.9 Å². The number of fused-ring (bicyclic) bond motifs is 2. The van der Waals surface area contributed by atoms with Gasteiger partial charge in [-0.25, -0.2) is 9.97 Å². The van der Waals surface area contributed by atoms with Gasteiger partial charge in [0, 0.05) is 43.9 Å². The molecule has 14 nitrogen and oxygen atoms in total. The molecule has 6 aromatic rings. The van der Waals surface area contributed by atoms with Crippen molar-refractivity contribution in [1.82, 2.24) is 34.0 Å². The molecule has 5 heterocycles. The second kappa shape index (κ2) is 14.9. The van der Waals surface area contributed by atoms with Crippen LogP contribution in [0.5, 0.6) is 11.5 Å². The number of nitrogens with one attached hydrogen (secondary N) is 1. The van der Waals surface area contributed by atoms with Crippen molar-refractivity contribution in [2.45, 2.75) is 51.7 Å². The fraction of sp³-hybridized carbons (Fsp3) is 0.293. The number of piperazine rings is 1. The zero-order chi connectivity index (χ0) is 43.3. The number of rotatable bonds is 11. The normalized spacial score (nSPS) is 15.2. The number of aromatic nitrogens is 6. The lowest BCUT2D eigenvalue weighted by molar-refractivity contribution is -0.116. The van der Waals surface area contributed by atoms with E-state index in [2.05, 4.69) is 20.4 Å². The number of carbonyl (C=O) groups excluding carboxylic acids is 2. The number of nitrogens with zero attached hydrogens (tertiary/aromatic N) is 8. The first-order valence-electron chi connectivity index (χ1n) is 19.3. The highest BCUT2D eigenvalue weighted by Crippen LogP contribution is 3.02. The van der Waals surface area contributed by atoms with Crippen LogP contribution in [0.4, 0.5) is 30.8 Å². The van der Waals surface area contributed by atoms with E-state index < -0.39 is 33.1 Å². The predicted molar refractivity (Wildman–Crippen MR) is 218 cm³/mol. The number of hydrogen-bond acceptors (Lipinski definition) is 10. The number of halogens is 5. The summed E-state index contributed by atoms with van der Waals surface area (Å²) in [7, 11) is -9.97. The van der Waals surface area contributed by atoms with Crippen LogP contribution in [0.2, 0.25) is 0 Å². The fourth-order valence-electron chi connectivity index (χ4n) is 7.53. The minimum absolute atomic E-state index is 0.0245. The first kappa shape index (κ1) is 41.2. The predicted octanol–water partition coefficient (Wildman–Crippen LogP) is 7.30. The first-order valence-corrected chi connectivity index (χ1v) is 21.3.